The number of nitrogens with zero attached hydrogens (tertiary/aromatic N) is 4. The van der Waals surface area contributed by atoms with Gasteiger partial charge in [-0.25, -0.2) is 0 Å². The van der Waals surface area contributed by atoms with Gasteiger partial charge in [-0.15, -0.1) is 0 Å². The third-order valence-corrected chi connectivity index (χ3v) is 6.38. The van der Waals surface area contributed by atoms with Gasteiger partial charge in [0.2, 0.25) is 0 Å². The number of piperidine rings is 1. The summed E-state index contributed by atoms with van der Waals surface area (Å²) >= 11 is 0. The van der Waals surface area contributed by atoms with Gasteiger partial charge in [0.05, 0.1) is 11.3 Å². The highest BCUT2D eigenvalue weighted by molar-refractivity contribution is 5.94. The lowest BCUT2D eigenvalue weighted by Crippen LogP contribution is -2.34. The van der Waals surface area contributed by atoms with E-state index in [1.807, 2.05) is 13.2 Å². The first kappa shape index (κ1) is 20.0. The van der Waals surface area contributed by atoms with Crippen molar-refractivity contribution in [1.82, 2.24) is 20.0 Å². The highest BCUT2D eigenvalue weighted by atomic mass is 16.1. The van der Waals surface area contributed by atoms with Crippen LogP contribution in [0.3, 0.4) is 0 Å². The van der Waals surface area contributed by atoms with Crippen molar-refractivity contribution in [2.24, 2.45) is 13.0 Å². The molecular formula is C23H33N5O. The summed E-state index contributed by atoms with van der Waals surface area (Å²) in [7, 11) is 3.56. The molecule has 2 saturated heterocycles. The molecule has 0 radical (unpaired) electrons. The van der Waals surface area contributed by atoms with Gasteiger partial charge in [-0.3, -0.25) is 14.4 Å². The van der Waals surface area contributed by atoms with Crippen LogP contribution in [0.25, 0.3) is 0 Å². The number of rotatable bonds is 6. The molecule has 3 heterocycles. The van der Waals surface area contributed by atoms with E-state index >= 15 is 0 Å². The maximum atomic E-state index is 12.1. The van der Waals surface area contributed by atoms with Crippen molar-refractivity contribution in [3.8, 4) is 0 Å². The van der Waals surface area contributed by atoms with Crippen molar-refractivity contribution in [1.29, 1.82) is 0 Å². The maximum absolute atomic E-state index is 12.1. The molecule has 156 valence electrons. The average molecular weight is 396 g/mol. The lowest BCUT2D eigenvalue weighted by atomic mass is 9.91. The van der Waals surface area contributed by atoms with Gasteiger partial charge in [0, 0.05) is 45.6 Å². The molecule has 2 fully saturated rings. The van der Waals surface area contributed by atoms with Gasteiger partial charge >= 0.3 is 0 Å². The molecule has 1 aromatic heterocycles. The van der Waals surface area contributed by atoms with Crippen LogP contribution in [0.1, 0.15) is 47.3 Å². The Bertz CT molecular complexity index is 814. The fourth-order valence-corrected chi connectivity index (χ4v) is 4.68. The Morgan fingerprint density at radius 1 is 1.10 bits per heavy atom. The van der Waals surface area contributed by atoms with Crippen molar-refractivity contribution < 1.29 is 4.79 Å². The Balaban J connectivity index is 1.28. The fraction of sp³-hybridized carbons (Fsp3) is 0.565. The standard InChI is InChI=1S/C23H33N5O/c1-24-23(29)21-17-26(2)25-22(21)15-18-9-13-27(14-10-18)16-19-5-7-20(8-6-19)28-11-3-4-12-28/h5-8,17-18H,3-4,9-16H2,1-2H3,(H,24,29). The predicted octanol–water partition coefficient (Wildman–Crippen LogP) is 2.83. The van der Waals surface area contributed by atoms with Gasteiger partial charge in [-0.2, -0.15) is 5.10 Å². The monoisotopic (exact) mass is 395 g/mol. The highest BCUT2D eigenvalue weighted by Crippen LogP contribution is 2.25. The van der Waals surface area contributed by atoms with Crippen LogP contribution >= 0.6 is 0 Å². The van der Waals surface area contributed by atoms with Crippen molar-refractivity contribution in [2.45, 2.75) is 38.6 Å². The van der Waals surface area contributed by atoms with E-state index in [-0.39, 0.29) is 5.91 Å². The van der Waals surface area contributed by atoms with Crippen LogP contribution in [0.5, 0.6) is 0 Å². The number of carbonyl (C=O) groups is 1. The quantitative estimate of drug-likeness (QED) is 0.817. The van der Waals surface area contributed by atoms with E-state index < -0.39 is 0 Å². The summed E-state index contributed by atoms with van der Waals surface area (Å²) in [5, 5.41) is 7.26. The van der Waals surface area contributed by atoms with Gasteiger partial charge in [0.15, 0.2) is 0 Å². The first-order valence-corrected chi connectivity index (χ1v) is 10.9. The largest absolute Gasteiger partial charge is 0.372 e. The lowest BCUT2D eigenvalue weighted by molar-refractivity contribution is 0.0961. The number of carbonyl (C=O) groups excluding carboxylic acids is 1. The maximum Gasteiger partial charge on any atom is 0.254 e. The van der Waals surface area contributed by atoms with Gasteiger partial charge in [0.25, 0.3) is 5.91 Å². The van der Waals surface area contributed by atoms with Crippen LogP contribution in [0.15, 0.2) is 30.5 Å². The van der Waals surface area contributed by atoms with Crippen LogP contribution in [-0.2, 0) is 20.0 Å². The molecule has 2 aromatic rings. The minimum absolute atomic E-state index is 0.0390. The Labute approximate surface area is 173 Å². The van der Waals surface area contributed by atoms with E-state index in [0.717, 1.165) is 50.2 Å². The van der Waals surface area contributed by atoms with Crippen molar-refractivity contribution in [3.05, 3.63) is 47.3 Å². The second-order valence-corrected chi connectivity index (χ2v) is 8.53. The van der Waals surface area contributed by atoms with Crippen molar-refractivity contribution in [2.75, 3.05) is 38.1 Å². The first-order chi connectivity index (χ1) is 14.1. The number of aryl methyl sites for hydroxylation is 1. The molecule has 1 N–H and O–H groups in total. The molecule has 4 rings (SSSR count). The zero-order chi connectivity index (χ0) is 20.2. The number of hydrogen-bond donors (Lipinski definition) is 1. The number of likely N-dealkylation sites (tertiary alicyclic amines) is 1. The molecular weight excluding hydrogens is 362 g/mol. The molecule has 2 aliphatic rings. The summed E-state index contributed by atoms with van der Waals surface area (Å²) in [5.74, 6) is 0.560. The fourth-order valence-electron chi connectivity index (χ4n) is 4.68. The summed E-state index contributed by atoms with van der Waals surface area (Å²) < 4.78 is 1.75. The Morgan fingerprint density at radius 2 is 1.79 bits per heavy atom. The van der Waals surface area contributed by atoms with Crippen LogP contribution in [0, 0.1) is 5.92 Å². The third-order valence-electron chi connectivity index (χ3n) is 6.38. The highest BCUT2D eigenvalue weighted by Gasteiger charge is 2.23. The van der Waals surface area contributed by atoms with E-state index in [1.165, 1.54) is 37.2 Å². The van der Waals surface area contributed by atoms with Crippen LogP contribution in [-0.4, -0.2) is 53.8 Å². The summed E-state index contributed by atoms with van der Waals surface area (Å²) in [6, 6.07) is 9.16. The summed E-state index contributed by atoms with van der Waals surface area (Å²) in [6.45, 7) is 5.65. The number of benzene rings is 1. The number of anilines is 1. The van der Waals surface area contributed by atoms with Gasteiger partial charge < -0.3 is 10.2 Å². The Kier molecular flexibility index (Phi) is 6.19. The molecule has 6 heteroatoms. The molecule has 0 aliphatic carbocycles. The molecule has 1 amide bonds. The van der Waals surface area contributed by atoms with Crippen LogP contribution in [0.2, 0.25) is 0 Å². The lowest BCUT2D eigenvalue weighted by Gasteiger charge is -2.32. The molecule has 0 saturated carbocycles. The van der Waals surface area contributed by atoms with E-state index in [2.05, 4.69) is 44.5 Å². The van der Waals surface area contributed by atoms with E-state index in [9.17, 15) is 4.79 Å². The smallest absolute Gasteiger partial charge is 0.254 e. The second kappa shape index (κ2) is 8.99. The van der Waals surface area contributed by atoms with E-state index in [4.69, 9.17) is 0 Å². The normalized spacial score (nSPS) is 18.3. The van der Waals surface area contributed by atoms with Crippen molar-refractivity contribution in [3.63, 3.8) is 0 Å². The van der Waals surface area contributed by atoms with Crippen molar-refractivity contribution >= 4 is 11.6 Å². The number of aromatic nitrogens is 2. The predicted molar refractivity (Wildman–Crippen MR) is 116 cm³/mol. The molecule has 29 heavy (non-hydrogen) atoms. The SMILES string of the molecule is CNC(=O)c1cn(C)nc1CC1CCN(Cc2ccc(N3CCCC3)cc2)CC1. The van der Waals surface area contributed by atoms with Gasteiger partial charge in [0.1, 0.15) is 0 Å². The zero-order valence-corrected chi connectivity index (χ0v) is 17.7. The molecule has 0 unspecified atom stereocenters. The minimum atomic E-state index is -0.0390. The third kappa shape index (κ3) is 4.81. The number of nitrogens with one attached hydrogen (secondary N) is 1. The first-order valence-electron chi connectivity index (χ1n) is 10.9. The van der Waals surface area contributed by atoms with Gasteiger partial charge in [-0.05, 0) is 68.8 Å². The van der Waals surface area contributed by atoms with Gasteiger partial charge in [-0.1, -0.05) is 12.1 Å². The number of amides is 1. The molecule has 2 aliphatic heterocycles. The van der Waals surface area contributed by atoms with Crippen LogP contribution < -0.4 is 10.2 Å². The average Bonchev–Trinajstić information content (AvgIpc) is 3.39. The molecule has 6 nitrogen and oxygen atoms in total. The van der Waals surface area contributed by atoms with Crippen LogP contribution in [0.4, 0.5) is 5.69 Å². The second-order valence-electron chi connectivity index (χ2n) is 8.53. The molecule has 0 atom stereocenters. The zero-order valence-electron chi connectivity index (χ0n) is 17.7. The van der Waals surface area contributed by atoms with E-state index in [1.54, 1.807) is 11.7 Å². The summed E-state index contributed by atoms with van der Waals surface area (Å²) in [6.07, 6.45) is 7.68. The number of hydrogen-bond acceptors (Lipinski definition) is 4. The molecule has 0 spiro atoms. The summed E-state index contributed by atoms with van der Waals surface area (Å²) in [5.41, 5.74) is 4.42. The Morgan fingerprint density at radius 3 is 2.45 bits per heavy atom. The van der Waals surface area contributed by atoms with E-state index in [0.29, 0.717) is 5.92 Å². The Hall–Kier alpha value is -2.34. The summed E-state index contributed by atoms with van der Waals surface area (Å²) in [4.78, 5) is 17.1. The molecule has 0 bridgehead atoms. The minimum Gasteiger partial charge on any atom is -0.372 e. The molecule has 1 aromatic carbocycles. The topological polar surface area (TPSA) is 53.4 Å².